The minimum Gasteiger partial charge on any atom is -0.305 e. The Labute approximate surface area is 153 Å². The fourth-order valence-corrected chi connectivity index (χ4v) is 4.36. The molecule has 2 unspecified atom stereocenters. The number of nitrogens with one attached hydrogen (secondary N) is 1. The number of benzene rings is 2. The van der Waals surface area contributed by atoms with E-state index in [4.69, 9.17) is 16.4 Å². The molecule has 0 amide bonds. The molecule has 0 aliphatic carbocycles. The first kappa shape index (κ1) is 20.0. The van der Waals surface area contributed by atoms with Crippen molar-refractivity contribution in [2.45, 2.75) is 29.4 Å². The van der Waals surface area contributed by atoms with Gasteiger partial charge in [-0.2, -0.15) is 0 Å². The van der Waals surface area contributed by atoms with Crippen LogP contribution >= 0.6 is 11.6 Å². The van der Waals surface area contributed by atoms with Crippen molar-refractivity contribution < 1.29 is 17.8 Å². The fourth-order valence-electron chi connectivity index (χ4n) is 2.52. The van der Waals surface area contributed by atoms with Crippen molar-refractivity contribution >= 4 is 22.4 Å². The van der Waals surface area contributed by atoms with Crippen molar-refractivity contribution in [2.75, 3.05) is 13.7 Å². The van der Waals surface area contributed by atoms with Gasteiger partial charge in [-0.1, -0.05) is 24.1 Å². The molecule has 0 fully saturated rings. The largest absolute Gasteiger partial charge is 0.305 e. The zero-order chi connectivity index (χ0) is 18.2. The molecule has 0 aromatic heterocycles. The van der Waals surface area contributed by atoms with Gasteiger partial charge in [0.05, 0.1) is 23.2 Å². The summed E-state index contributed by atoms with van der Waals surface area (Å²) in [4.78, 5) is 5.26. The average molecular weight is 388 g/mol. The second-order valence-corrected chi connectivity index (χ2v) is 7.58. The van der Waals surface area contributed by atoms with Crippen molar-refractivity contribution in [2.24, 2.45) is 0 Å². The zero-order valence-electron chi connectivity index (χ0n) is 13.8. The van der Waals surface area contributed by atoms with Crippen LogP contribution in [0, 0.1) is 11.6 Å². The van der Waals surface area contributed by atoms with E-state index in [1.54, 1.807) is 24.3 Å². The maximum absolute atomic E-state index is 14.2. The van der Waals surface area contributed by atoms with Crippen molar-refractivity contribution in [3.8, 4) is 0 Å². The Balaban J connectivity index is 2.25. The molecule has 3 nitrogen and oxygen atoms in total. The van der Waals surface area contributed by atoms with Crippen molar-refractivity contribution in [3.63, 3.8) is 0 Å². The third kappa shape index (κ3) is 5.85. The van der Waals surface area contributed by atoms with E-state index in [1.165, 1.54) is 7.11 Å². The molecular weight excluding hydrogens is 368 g/mol. The van der Waals surface area contributed by atoms with E-state index in [0.29, 0.717) is 29.3 Å². The predicted molar refractivity (Wildman–Crippen MR) is 95.8 cm³/mol. The molecule has 7 heteroatoms. The molecule has 2 rings (SSSR count). The molecule has 0 radical (unpaired) electrons. The van der Waals surface area contributed by atoms with Gasteiger partial charge < -0.3 is 4.84 Å². The molecule has 136 valence electrons. The van der Waals surface area contributed by atoms with Gasteiger partial charge in [0.15, 0.2) is 0 Å². The fraction of sp³-hybridized carbons (Fsp3) is 0.333. The minimum atomic E-state index is -1.55. The Kier molecular flexibility index (Phi) is 7.96. The third-order valence-corrected chi connectivity index (χ3v) is 5.69. The Morgan fingerprint density at radius 3 is 2.72 bits per heavy atom. The van der Waals surface area contributed by atoms with Crippen LogP contribution in [0.2, 0.25) is 5.02 Å². The lowest BCUT2D eigenvalue weighted by atomic mass is 10.1. The zero-order valence-corrected chi connectivity index (χ0v) is 15.4. The molecule has 0 aliphatic heterocycles. The van der Waals surface area contributed by atoms with Gasteiger partial charge in [0.1, 0.15) is 11.6 Å². The molecule has 0 saturated heterocycles. The lowest BCUT2D eigenvalue weighted by Crippen LogP contribution is -2.14. The number of hydrogen-bond donors (Lipinski definition) is 1. The Morgan fingerprint density at radius 1 is 1.20 bits per heavy atom. The number of hydroxylamine groups is 1. The summed E-state index contributed by atoms with van der Waals surface area (Å²) in [6, 6.07) is 9.89. The van der Waals surface area contributed by atoms with Gasteiger partial charge in [0.2, 0.25) is 0 Å². The van der Waals surface area contributed by atoms with Crippen LogP contribution in [0.4, 0.5) is 8.78 Å². The van der Waals surface area contributed by atoms with E-state index < -0.39 is 27.7 Å². The highest BCUT2D eigenvalue weighted by Gasteiger charge is 2.24. The molecule has 0 bridgehead atoms. The van der Waals surface area contributed by atoms with E-state index in [-0.39, 0.29) is 5.56 Å². The maximum atomic E-state index is 14.2. The van der Waals surface area contributed by atoms with Crippen LogP contribution in [0.5, 0.6) is 0 Å². The Hall–Kier alpha value is -1.34. The van der Waals surface area contributed by atoms with Crippen molar-refractivity contribution in [1.82, 2.24) is 5.48 Å². The number of hydrogen-bond acceptors (Lipinski definition) is 3. The summed E-state index contributed by atoms with van der Waals surface area (Å²) < 4.78 is 40.9. The maximum Gasteiger partial charge on any atom is 0.127 e. The summed E-state index contributed by atoms with van der Waals surface area (Å²) in [5, 5.41) is -0.203. The van der Waals surface area contributed by atoms with Crippen LogP contribution < -0.4 is 5.48 Å². The van der Waals surface area contributed by atoms with Gasteiger partial charge in [-0.05, 0) is 49.2 Å². The van der Waals surface area contributed by atoms with E-state index in [1.807, 2.05) is 0 Å². The average Bonchev–Trinajstić information content (AvgIpc) is 2.60. The SMILES string of the molecule is CONCCCCC(c1cc(F)ccc1F)S(=O)c1cccc(Cl)c1. The van der Waals surface area contributed by atoms with Crippen LogP contribution in [-0.4, -0.2) is 17.9 Å². The molecule has 0 saturated carbocycles. The normalized spacial score (nSPS) is 13.6. The van der Waals surface area contributed by atoms with E-state index in [9.17, 15) is 13.0 Å². The summed E-state index contributed by atoms with van der Waals surface area (Å²) in [7, 11) is -0.0241. The second kappa shape index (κ2) is 9.97. The Morgan fingerprint density at radius 2 is 2.00 bits per heavy atom. The summed E-state index contributed by atoms with van der Waals surface area (Å²) in [6.45, 7) is 0.624. The van der Waals surface area contributed by atoms with Crippen molar-refractivity contribution in [1.29, 1.82) is 0 Å². The number of halogens is 3. The van der Waals surface area contributed by atoms with E-state index in [2.05, 4.69) is 5.48 Å². The quantitative estimate of drug-likeness (QED) is 0.496. The molecule has 2 atom stereocenters. The molecule has 0 spiro atoms. The van der Waals surface area contributed by atoms with Crippen molar-refractivity contribution in [3.05, 3.63) is 64.7 Å². The van der Waals surface area contributed by atoms with Gasteiger partial charge in [0.25, 0.3) is 0 Å². The van der Waals surface area contributed by atoms with Crippen LogP contribution in [0.3, 0.4) is 0 Å². The second-order valence-electron chi connectivity index (χ2n) is 5.50. The Bertz CT molecular complexity index is 730. The van der Waals surface area contributed by atoms with Gasteiger partial charge in [-0.15, -0.1) is 0 Å². The van der Waals surface area contributed by atoms with Gasteiger partial charge in [-0.3, -0.25) is 4.21 Å². The number of rotatable bonds is 9. The van der Waals surface area contributed by atoms with Crippen LogP contribution in [0.15, 0.2) is 47.4 Å². The van der Waals surface area contributed by atoms with Crippen LogP contribution in [-0.2, 0) is 15.6 Å². The summed E-state index contributed by atoms with van der Waals surface area (Å²) in [5.41, 5.74) is 2.85. The highest BCUT2D eigenvalue weighted by molar-refractivity contribution is 7.85. The predicted octanol–water partition coefficient (Wildman–Crippen LogP) is 4.79. The lowest BCUT2D eigenvalue weighted by Gasteiger charge is -2.18. The van der Waals surface area contributed by atoms with E-state index in [0.717, 1.165) is 24.6 Å². The van der Waals surface area contributed by atoms with Gasteiger partial charge in [0, 0.05) is 22.0 Å². The molecule has 0 heterocycles. The minimum absolute atomic E-state index is 0.123. The van der Waals surface area contributed by atoms with Crippen LogP contribution in [0.25, 0.3) is 0 Å². The first-order valence-corrected chi connectivity index (χ1v) is 9.49. The molecule has 2 aromatic carbocycles. The topological polar surface area (TPSA) is 38.3 Å². The molecule has 25 heavy (non-hydrogen) atoms. The highest BCUT2D eigenvalue weighted by Crippen LogP contribution is 2.33. The molecule has 2 aromatic rings. The molecule has 0 aliphatic rings. The molecular formula is C18H20ClF2NO2S. The first-order chi connectivity index (χ1) is 12.0. The molecule has 1 N–H and O–H groups in total. The summed E-state index contributed by atoms with van der Waals surface area (Å²) in [5.74, 6) is -1.11. The van der Waals surface area contributed by atoms with E-state index >= 15 is 0 Å². The number of unbranched alkanes of at least 4 members (excludes halogenated alkanes) is 1. The van der Waals surface area contributed by atoms with Gasteiger partial charge >= 0.3 is 0 Å². The van der Waals surface area contributed by atoms with Crippen LogP contribution in [0.1, 0.15) is 30.1 Å². The third-order valence-electron chi connectivity index (χ3n) is 3.73. The highest BCUT2D eigenvalue weighted by atomic mass is 35.5. The summed E-state index contributed by atoms with van der Waals surface area (Å²) in [6.07, 6.45) is 1.89. The summed E-state index contributed by atoms with van der Waals surface area (Å²) >= 11 is 5.97. The smallest absolute Gasteiger partial charge is 0.127 e. The first-order valence-electron chi connectivity index (χ1n) is 7.90. The monoisotopic (exact) mass is 387 g/mol. The van der Waals surface area contributed by atoms with Gasteiger partial charge in [-0.25, -0.2) is 14.3 Å². The lowest BCUT2D eigenvalue weighted by molar-refractivity contribution is 0.0905. The standard InChI is InChI=1S/C18H20ClF2NO2S/c1-24-22-10-3-2-7-18(16-12-14(20)8-9-17(16)21)25(23)15-6-4-5-13(19)11-15/h4-6,8-9,11-12,18,22H,2-3,7,10H2,1H3.